The summed E-state index contributed by atoms with van der Waals surface area (Å²) in [4.78, 5) is 8.42. The first-order valence-electron chi connectivity index (χ1n) is 9.21. The van der Waals surface area contributed by atoms with Crippen LogP contribution in [-0.2, 0) is 0 Å². The highest BCUT2D eigenvalue weighted by atomic mass is 32.2. The molecule has 0 saturated carbocycles. The van der Waals surface area contributed by atoms with Crippen molar-refractivity contribution < 1.29 is 9.26 Å². The first-order chi connectivity index (χ1) is 14.2. The maximum Gasteiger partial charge on any atom is 0.239 e. The lowest BCUT2D eigenvalue weighted by Gasteiger charge is -2.12. The Hall–Kier alpha value is -3.20. The number of benzene rings is 1. The molecule has 0 bridgehead atoms. The summed E-state index contributed by atoms with van der Waals surface area (Å²) in [6, 6.07) is 11.7. The Labute approximate surface area is 172 Å². The summed E-state index contributed by atoms with van der Waals surface area (Å²) >= 11 is 1.51. The molecule has 0 radical (unpaired) electrons. The van der Waals surface area contributed by atoms with E-state index in [0.717, 1.165) is 28.0 Å². The fourth-order valence-corrected chi connectivity index (χ4v) is 3.71. The maximum atomic E-state index is 5.57. The highest BCUT2D eigenvalue weighted by Gasteiger charge is 2.22. The summed E-state index contributed by atoms with van der Waals surface area (Å²) in [5, 5.41) is 13.4. The summed E-state index contributed by atoms with van der Waals surface area (Å²) in [6.07, 6.45) is 3.48. The number of rotatable bonds is 7. The van der Waals surface area contributed by atoms with E-state index in [0.29, 0.717) is 18.3 Å². The van der Waals surface area contributed by atoms with Crippen molar-refractivity contribution in [2.75, 3.05) is 6.61 Å². The first kappa shape index (κ1) is 19.1. The van der Waals surface area contributed by atoms with E-state index in [-0.39, 0.29) is 5.25 Å². The van der Waals surface area contributed by atoms with Gasteiger partial charge in [-0.1, -0.05) is 16.9 Å². The fraction of sp³-hybridized carbons (Fsp3) is 0.250. The average Bonchev–Trinajstić information content (AvgIpc) is 3.36. The number of pyridine rings is 1. The molecular weight excluding hydrogens is 388 g/mol. The van der Waals surface area contributed by atoms with Crippen LogP contribution in [0.25, 0.3) is 17.1 Å². The zero-order valence-electron chi connectivity index (χ0n) is 16.3. The van der Waals surface area contributed by atoms with Gasteiger partial charge in [-0.3, -0.25) is 9.55 Å². The van der Waals surface area contributed by atoms with Crippen molar-refractivity contribution in [3.8, 4) is 22.8 Å². The molecule has 0 aliphatic carbocycles. The normalized spacial score (nSPS) is 12.1. The van der Waals surface area contributed by atoms with Gasteiger partial charge in [0, 0.05) is 23.6 Å². The Bertz CT molecular complexity index is 1080. The third-order valence-corrected chi connectivity index (χ3v) is 5.18. The van der Waals surface area contributed by atoms with Gasteiger partial charge in [0.15, 0.2) is 16.8 Å². The van der Waals surface area contributed by atoms with Gasteiger partial charge in [-0.25, -0.2) is 0 Å². The van der Waals surface area contributed by atoms with Crippen LogP contribution in [0.4, 0.5) is 0 Å². The number of aromatic nitrogens is 6. The van der Waals surface area contributed by atoms with E-state index in [1.165, 1.54) is 11.8 Å². The fourth-order valence-electron chi connectivity index (χ4n) is 2.81. The van der Waals surface area contributed by atoms with Crippen LogP contribution in [0.2, 0.25) is 0 Å². The van der Waals surface area contributed by atoms with Crippen molar-refractivity contribution in [1.82, 2.24) is 29.9 Å². The Kier molecular flexibility index (Phi) is 5.57. The highest BCUT2D eigenvalue weighted by Crippen LogP contribution is 2.36. The van der Waals surface area contributed by atoms with Crippen LogP contribution in [0, 0.1) is 6.92 Å². The lowest BCUT2D eigenvalue weighted by molar-refractivity contribution is 0.340. The number of aryl methyl sites for hydroxylation is 1. The van der Waals surface area contributed by atoms with Crippen LogP contribution in [-0.4, -0.2) is 36.5 Å². The molecule has 0 aliphatic rings. The number of nitrogens with zero attached hydrogens (tertiary/aromatic N) is 6. The molecule has 3 aromatic heterocycles. The van der Waals surface area contributed by atoms with Crippen LogP contribution in [0.5, 0.6) is 5.75 Å². The van der Waals surface area contributed by atoms with Gasteiger partial charge in [0.2, 0.25) is 5.89 Å². The zero-order valence-corrected chi connectivity index (χ0v) is 17.1. The second kappa shape index (κ2) is 8.44. The molecule has 148 valence electrons. The van der Waals surface area contributed by atoms with E-state index in [4.69, 9.17) is 9.26 Å². The first-order valence-corrected chi connectivity index (χ1v) is 10.1. The molecule has 4 rings (SSSR count). The summed E-state index contributed by atoms with van der Waals surface area (Å²) in [5.41, 5.74) is 1.86. The van der Waals surface area contributed by atoms with Gasteiger partial charge in [0.25, 0.3) is 0 Å². The molecule has 9 heteroatoms. The maximum absolute atomic E-state index is 5.57. The SMILES string of the molecule is CCOc1ccc(-n2c(SC(C)c3nc(C)no3)nnc2-c2ccncc2)cc1. The lowest BCUT2D eigenvalue weighted by atomic mass is 10.2. The minimum Gasteiger partial charge on any atom is -0.494 e. The van der Waals surface area contributed by atoms with Gasteiger partial charge in [-0.15, -0.1) is 10.2 Å². The standard InChI is InChI=1S/C20H20N6O2S/c1-4-27-17-7-5-16(6-8-17)26-18(15-9-11-21-12-10-15)23-24-20(26)29-13(2)19-22-14(3)25-28-19/h5-13H,4H2,1-3H3. The van der Waals surface area contributed by atoms with Crippen molar-refractivity contribution in [3.05, 3.63) is 60.5 Å². The average molecular weight is 408 g/mol. The molecule has 4 aromatic rings. The smallest absolute Gasteiger partial charge is 0.239 e. The van der Waals surface area contributed by atoms with Gasteiger partial charge in [-0.2, -0.15) is 4.98 Å². The monoisotopic (exact) mass is 408 g/mol. The largest absolute Gasteiger partial charge is 0.494 e. The molecule has 0 aliphatic heterocycles. The molecule has 8 nitrogen and oxygen atoms in total. The second-order valence-electron chi connectivity index (χ2n) is 6.24. The van der Waals surface area contributed by atoms with Gasteiger partial charge >= 0.3 is 0 Å². The molecule has 1 aromatic carbocycles. The van der Waals surface area contributed by atoms with E-state index < -0.39 is 0 Å². The Morgan fingerprint density at radius 1 is 1.10 bits per heavy atom. The molecule has 1 unspecified atom stereocenters. The van der Waals surface area contributed by atoms with E-state index in [1.54, 1.807) is 19.3 Å². The summed E-state index contributed by atoms with van der Waals surface area (Å²) in [6.45, 7) is 6.39. The number of thioether (sulfide) groups is 1. The predicted molar refractivity (Wildman–Crippen MR) is 109 cm³/mol. The molecule has 0 fully saturated rings. The Balaban J connectivity index is 1.74. The molecule has 0 amide bonds. The topological polar surface area (TPSA) is 91.8 Å². The van der Waals surface area contributed by atoms with Crippen LogP contribution in [0.3, 0.4) is 0 Å². The van der Waals surface area contributed by atoms with E-state index in [2.05, 4.69) is 25.3 Å². The van der Waals surface area contributed by atoms with Crippen molar-refractivity contribution >= 4 is 11.8 Å². The van der Waals surface area contributed by atoms with Crippen molar-refractivity contribution in [2.24, 2.45) is 0 Å². The van der Waals surface area contributed by atoms with Gasteiger partial charge in [0.1, 0.15) is 5.75 Å². The minimum atomic E-state index is -0.0767. The van der Waals surface area contributed by atoms with Gasteiger partial charge in [0.05, 0.1) is 11.9 Å². The molecule has 1 atom stereocenters. The van der Waals surface area contributed by atoms with E-state index in [1.807, 2.05) is 54.8 Å². The van der Waals surface area contributed by atoms with Crippen molar-refractivity contribution in [3.63, 3.8) is 0 Å². The lowest BCUT2D eigenvalue weighted by Crippen LogP contribution is -2.01. The van der Waals surface area contributed by atoms with Crippen LogP contribution >= 0.6 is 11.8 Å². The molecule has 0 saturated heterocycles. The number of hydrogen-bond acceptors (Lipinski definition) is 8. The van der Waals surface area contributed by atoms with Crippen molar-refractivity contribution in [2.45, 2.75) is 31.2 Å². The number of ether oxygens (including phenoxy) is 1. The number of hydrogen-bond donors (Lipinski definition) is 0. The molecule has 3 heterocycles. The quantitative estimate of drug-likeness (QED) is 0.419. The molecule has 0 spiro atoms. The third kappa shape index (κ3) is 4.14. The van der Waals surface area contributed by atoms with E-state index in [9.17, 15) is 0 Å². The molecule has 29 heavy (non-hydrogen) atoms. The Morgan fingerprint density at radius 2 is 1.86 bits per heavy atom. The second-order valence-corrected chi connectivity index (χ2v) is 7.55. The molecular formula is C20H20N6O2S. The zero-order chi connectivity index (χ0) is 20.2. The third-order valence-electron chi connectivity index (χ3n) is 4.15. The van der Waals surface area contributed by atoms with Crippen LogP contribution in [0.15, 0.2) is 58.5 Å². The van der Waals surface area contributed by atoms with E-state index >= 15 is 0 Å². The van der Waals surface area contributed by atoms with Crippen LogP contribution < -0.4 is 4.74 Å². The summed E-state index contributed by atoms with van der Waals surface area (Å²) < 4.78 is 12.9. The summed E-state index contributed by atoms with van der Waals surface area (Å²) in [5.74, 6) is 2.71. The summed E-state index contributed by atoms with van der Waals surface area (Å²) in [7, 11) is 0. The molecule has 0 N–H and O–H groups in total. The predicted octanol–water partition coefficient (Wildman–Crippen LogP) is 4.27. The minimum absolute atomic E-state index is 0.0767. The van der Waals surface area contributed by atoms with Gasteiger partial charge in [-0.05, 0) is 57.2 Å². The highest BCUT2D eigenvalue weighted by molar-refractivity contribution is 7.99. The Morgan fingerprint density at radius 3 is 2.52 bits per heavy atom. The van der Waals surface area contributed by atoms with Gasteiger partial charge < -0.3 is 9.26 Å². The van der Waals surface area contributed by atoms with Crippen LogP contribution in [0.1, 0.15) is 30.8 Å². The van der Waals surface area contributed by atoms with Crippen molar-refractivity contribution in [1.29, 1.82) is 0 Å².